The zero-order chi connectivity index (χ0) is 14.8. The third-order valence-corrected chi connectivity index (χ3v) is 5.29. The van der Waals surface area contributed by atoms with Crippen molar-refractivity contribution in [2.24, 2.45) is 0 Å². The smallest absolute Gasteiger partial charge is 0.335 e. The van der Waals surface area contributed by atoms with Crippen molar-refractivity contribution in [3.8, 4) is 0 Å². The number of benzene rings is 1. The maximum absolute atomic E-state index is 12.2. The second-order valence-corrected chi connectivity index (χ2v) is 7.09. The number of rotatable bonds is 4. The van der Waals surface area contributed by atoms with Gasteiger partial charge in [0.05, 0.1) is 11.3 Å². The Balaban J connectivity index is 2.18. The van der Waals surface area contributed by atoms with E-state index in [0.717, 1.165) is 19.3 Å². The van der Waals surface area contributed by atoms with Crippen LogP contribution in [0.1, 0.15) is 29.6 Å². The minimum absolute atomic E-state index is 0.0952. The standard InChI is InChI=1S/C12H15BrN2O4S/c13-10-8-9(12(16)17)4-5-11(10)14-20(18,19)15-6-2-1-3-7-15/h4-5,8,14H,1-3,6-7H2,(H,16,17). The maximum atomic E-state index is 12.2. The fraction of sp³-hybridized carbons (Fsp3) is 0.417. The highest BCUT2D eigenvalue weighted by atomic mass is 79.9. The molecule has 0 unspecified atom stereocenters. The zero-order valence-electron chi connectivity index (χ0n) is 10.7. The van der Waals surface area contributed by atoms with Crippen molar-refractivity contribution in [2.45, 2.75) is 19.3 Å². The number of hydrogen-bond donors (Lipinski definition) is 2. The molecule has 1 saturated heterocycles. The lowest BCUT2D eigenvalue weighted by atomic mass is 10.2. The van der Waals surface area contributed by atoms with Crippen molar-refractivity contribution in [1.82, 2.24) is 4.31 Å². The topological polar surface area (TPSA) is 86.7 Å². The molecule has 0 atom stereocenters. The minimum atomic E-state index is -3.59. The van der Waals surface area contributed by atoms with Crippen LogP contribution in [0.4, 0.5) is 5.69 Å². The van der Waals surface area contributed by atoms with E-state index in [0.29, 0.717) is 23.2 Å². The normalized spacial score (nSPS) is 16.9. The summed E-state index contributed by atoms with van der Waals surface area (Å²) in [6, 6.07) is 4.17. The first-order valence-electron chi connectivity index (χ1n) is 6.21. The molecule has 6 nitrogen and oxygen atoms in total. The Morgan fingerprint density at radius 3 is 2.45 bits per heavy atom. The summed E-state index contributed by atoms with van der Waals surface area (Å²) in [7, 11) is -3.59. The van der Waals surface area contributed by atoms with Gasteiger partial charge in [0.1, 0.15) is 0 Å². The largest absolute Gasteiger partial charge is 0.478 e. The summed E-state index contributed by atoms with van der Waals surface area (Å²) >= 11 is 3.18. The summed E-state index contributed by atoms with van der Waals surface area (Å²) < 4.78 is 28.7. The number of halogens is 1. The van der Waals surface area contributed by atoms with Crippen LogP contribution in [-0.4, -0.2) is 36.9 Å². The quantitative estimate of drug-likeness (QED) is 0.859. The van der Waals surface area contributed by atoms with Gasteiger partial charge in [0.25, 0.3) is 0 Å². The van der Waals surface area contributed by atoms with Gasteiger partial charge in [-0.15, -0.1) is 0 Å². The molecule has 1 heterocycles. The van der Waals surface area contributed by atoms with E-state index >= 15 is 0 Å². The Hall–Kier alpha value is -1.12. The van der Waals surface area contributed by atoms with Crippen LogP contribution in [0.25, 0.3) is 0 Å². The number of carboxylic acid groups (broad SMARTS) is 1. The van der Waals surface area contributed by atoms with E-state index in [-0.39, 0.29) is 5.56 Å². The number of nitrogens with zero attached hydrogens (tertiary/aromatic N) is 1. The summed E-state index contributed by atoms with van der Waals surface area (Å²) in [5, 5.41) is 8.87. The first-order chi connectivity index (χ1) is 9.40. The molecule has 2 N–H and O–H groups in total. The van der Waals surface area contributed by atoms with E-state index in [2.05, 4.69) is 20.7 Å². The van der Waals surface area contributed by atoms with Gasteiger partial charge in [0, 0.05) is 17.6 Å². The van der Waals surface area contributed by atoms with Gasteiger partial charge in [-0.1, -0.05) is 6.42 Å². The maximum Gasteiger partial charge on any atom is 0.335 e. The Labute approximate surface area is 126 Å². The molecular formula is C12H15BrN2O4S. The molecule has 1 aliphatic rings. The molecule has 2 rings (SSSR count). The van der Waals surface area contributed by atoms with Gasteiger partial charge in [0.2, 0.25) is 0 Å². The third-order valence-electron chi connectivity index (χ3n) is 3.11. The molecule has 1 aliphatic heterocycles. The van der Waals surface area contributed by atoms with Crippen LogP contribution in [-0.2, 0) is 10.2 Å². The summed E-state index contributed by atoms with van der Waals surface area (Å²) in [6.07, 6.45) is 2.77. The number of hydrogen-bond acceptors (Lipinski definition) is 3. The summed E-state index contributed by atoms with van der Waals surface area (Å²) in [6.45, 7) is 1.03. The molecule has 0 aromatic heterocycles. The number of anilines is 1. The van der Waals surface area contributed by atoms with Crippen molar-refractivity contribution in [1.29, 1.82) is 0 Å². The third kappa shape index (κ3) is 3.50. The lowest BCUT2D eigenvalue weighted by Crippen LogP contribution is -2.39. The van der Waals surface area contributed by atoms with Crippen molar-refractivity contribution in [3.63, 3.8) is 0 Å². The lowest BCUT2D eigenvalue weighted by Gasteiger charge is -2.26. The van der Waals surface area contributed by atoms with Crippen LogP contribution in [0.3, 0.4) is 0 Å². The highest BCUT2D eigenvalue weighted by Gasteiger charge is 2.24. The van der Waals surface area contributed by atoms with Crippen molar-refractivity contribution in [2.75, 3.05) is 17.8 Å². The average Bonchev–Trinajstić information content (AvgIpc) is 2.41. The SMILES string of the molecule is O=C(O)c1ccc(NS(=O)(=O)N2CCCCC2)c(Br)c1. The van der Waals surface area contributed by atoms with Crippen LogP contribution < -0.4 is 4.72 Å². The van der Waals surface area contributed by atoms with Gasteiger partial charge in [-0.2, -0.15) is 12.7 Å². The fourth-order valence-corrected chi connectivity index (χ4v) is 3.97. The van der Waals surface area contributed by atoms with Crippen LogP contribution in [0.5, 0.6) is 0 Å². The van der Waals surface area contributed by atoms with Gasteiger partial charge in [-0.25, -0.2) is 4.79 Å². The van der Waals surface area contributed by atoms with Gasteiger partial charge in [-0.05, 0) is 47.0 Å². The lowest BCUT2D eigenvalue weighted by molar-refractivity contribution is 0.0697. The second-order valence-electron chi connectivity index (χ2n) is 4.57. The van der Waals surface area contributed by atoms with Crippen molar-refractivity contribution < 1.29 is 18.3 Å². The molecule has 110 valence electrons. The van der Waals surface area contributed by atoms with E-state index in [9.17, 15) is 13.2 Å². The molecule has 0 radical (unpaired) electrons. The van der Waals surface area contributed by atoms with Gasteiger partial charge in [-0.3, -0.25) is 4.72 Å². The molecular weight excluding hydrogens is 348 g/mol. The van der Waals surface area contributed by atoms with Crippen LogP contribution in [0, 0.1) is 0 Å². The molecule has 0 spiro atoms. The molecule has 0 bridgehead atoms. The second kappa shape index (κ2) is 6.11. The van der Waals surface area contributed by atoms with Crippen LogP contribution in [0.15, 0.2) is 22.7 Å². The van der Waals surface area contributed by atoms with Crippen molar-refractivity contribution in [3.05, 3.63) is 28.2 Å². The molecule has 8 heteroatoms. The highest BCUT2D eigenvalue weighted by molar-refractivity contribution is 9.10. The van der Waals surface area contributed by atoms with Gasteiger partial charge >= 0.3 is 16.2 Å². The molecule has 1 fully saturated rings. The number of carboxylic acids is 1. The number of piperidine rings is 1. The van der Waals surface area contributed by atoms with E-state index < -0.39 is 16.2 Å². The monoisotopic (exact) mass is 362 g/mol. The first-order valence-corrected chi connectivity index (χ1v) is 8.44. The molecule has 0 aliphatic carbocycles. The molecule has 1 aromatic rings. The predicted molar refractivity (Wildman–Crippen MR) is 79.1 cm³/mol. The summed E-state index contributed by atoms with van der Waals surface area (Å²) in [5.74, 6) is -1.06. The van der Waals surface area contributed by atoms with E-state index in [1.165, 1.54) is 22.5 Å². The van der Waals surface area contributed by atoms with Crippen LogP contribution >= 0.6 is 15.9 Å². The van der Waals surface area contributed by atoms with Crippen molar-refractivity contribution >= 4 is 37.8 Å². The number of carbonyl (C=O) groups is 1. The van der Waals surface area contributed by atoms with E-state index in [4.69, 9.17) is 5.11 Å². The summed E-state index contributed by atoms with van der Waals surface area (Å²) in [4.78, 5) is 10.8. The zero-order valence-corrected chi connectivity index (χ0v) is 13.1. The van der Waals surface area contributed by atoms with Gasteiger partial charge < -0.3 is 5.11 Å². The highest BCUT2D eigenvalue weighted by Crippen LogP contribution is 2.26. The molecule has 20 heavy (non-hydrogen) atoms. The fourth-order valence-electron chi connectivity index (χ4n) is 2.04. The average molecular weight is 363 g/mol. The molecule has 1 aromatic carbocycles. The molecule has 0 amide bonds. The number of aromatic carboxylic acids is 1. The Kier molecular flexibility index (Phi) is 4.66. The summed E-state index contributed by atoms with van der Waals surface area (Å²) in [5.41, 5.74) is 0.429. The minimum Gasteiger partial charge on any atom is -0.478 e. The first kappa shape index (κ1) is 15.3. The Morgan fingerprint density at radius 1 is 1.25 bits per heavy atom. The number of nitrogens with one attached hydrogen (secondary N) is 1. The predicted octanol–water partition coefficient (Wildman–Crippen LogP) is 2.29. The van der Waals surface area contributed by atoms with E-state index in [1.807, 2.05) is 0 Å². The molecule has 0 saturated carbocycles. The Bertz CT molecular complexity index is 612. The van der Waals surface area contributed by atoms with Crippen LogP contribution in [0.2, 0.25) is 0 Å². The van der Waals surface area contributed by atoms with E-state index in [1.54, 1.807) is 0 Å². The van der Waals surface area contributed by atoms with Gasteiger partial charge in [0.15, 0.2) is 0 Å². The Morgan fingerprint density at radius 2 is 1.90 bits per heavy atom.